The van der Waals surface area contributed by atoms with Crippen LogP contribution in [0, 0.1) is 0 Å². The lowest BCUT2D eigenvalue weighted by molar-refractivity contribution is 0.0376. The first-order chi connectivity index (χ1) is 12.4. The topological polar surface area (TPSA) is 79.1 Å². The number of hydrogen-bond acceptors (Lipinski definition) is 5. The van der Waals surface area contributed by atoms with E-state index in [4.69, 9.17) is 4.74 Å². The van der Waals surface area contributed by atoms with Crippen molar-refractivity contribution in [2.45, 2.75) is 19.9 Å². The molecular weight excluding hydrogens is 445 g/mol. The highest BCUT2D eigenvalue weighted by atomic mass is 127. The third-order valence-corrected chi connectivity index (χ3v) is 4.15. The van der Waals surface area contributed by atoms with E-state index in [9.17, 15) is 0 Å². The first kappa shape index (κ1) is 20.8. The Kier molecular flexibility index (Phi) is 9.06. The van der Waals surface area contributed by atoms with Crippen molar-refractivity contribution in [3.63, 3.8) is 0 Å². The molecule has 0 saturated carbocycles. The highest BCUT2D eigenvalue weighted by Crippen LogP contribution is 2.03. The van der Waals surface area contributed by atoms with Crippen LogP contribution in [0.5, 0.6) is 0 Å². The summed E-state index contributed by atoms with van der Waals surface area (Å²) in [5.74, 6) is 1.65. The van der Waals surface area contributed by atoms with Crippen LogP contribution in [0.4, 0.5) is 0 Å². The number of aromatic nitrogens is 3. The molecule has 2 N–H and O–H groups in total. The normalized spacial score (nSPS) is 15.7. The number of aliphatic imine (C=N–C) groups is 1. The Hall–Kier alpha value is -1.46. The number of fused-ring (bicyclic) bond motifs is 1. The first-order valence-electron chi connectivity index (χ1n) is 8.97. The maximum Gasteiger partial charge on any atom is 0.191 e. The van der Waals surface area contributed by atoms with Crippen molar-refractivity contribution in [1.29, 1.82) is 0 Å². The predicted octanol–water partition coefficient (Wildman–Crippen LogP) is 1.12. The van der Waals surface area contributed by atoms with Gasteiger partial charge in [-0.05, 0) is 32.0 Å². The first-order valence-corrected chi connectivity index (χ1v) is 8.97. The van der Waals surface area contributed by atoms with Gasteiger partial charge >= 0.3 is 0 Å². The smallest absolute Gasteiger partial charge is 0.191 e. The number of halogens is 1. The van der Waals surface area contributed by atoms with Crippen molar-refractivity contribution in [1.82, 2.24) is 30.1 Å². The van der Waals surface area contributed by atoms with E-state index >= 15 is 0 Å². The van der Waals surface area contributed by atoms with Crippen molar-refractivity contribution in [2.24, 2.45) is 4.99 Å². The van der Waals surface area contributed by atoms with Crippen LogP contribution in [0.3, 0.4) is 0 Å². The molecule has 3 rings (SSSR count). The standard InChI is InChI=1S/C17H27N7O.HI/c1-2-18-17(19-7-5-8-23-10-12-25-13-11-23)20-14-16-22-21-15-6-3-4-9-24(15)16;/h3-4,6,9H,2,5,7-8,10-14H2,1H3,(H2,18,19,20);1H. The molecule has 0 atom stereocenters. The van der Waals surface area contributed by atoms with E-state index in [2.05, 4.69) is 37.6 Å². The fraction of sp³-hybridized carbons (Fsp3) is 0.588. The zero-order chi connectivity index (χ0) is 17.3. The zero-order valence-electron chi connectivity index (χ0n) is 15.2. The molecule has 1 saturated heterocycles. The monoisotopic (exact) mass is 473 g/mol. The van der Waals surface area contributed by atoms with Crippen LogP contribution in [-0.2, 0) is 11.3 Å². The number of rotatable bonds is 7. The van der Waals surface area contributed by atoms with Gasteiger partial charge in [-0.2, -0.15) is 0 Å². The lowest BCUT2D eigenvalue weighted by atomic mass is 10.3. The van der Waals surface area contributed by atoms with Crippen molar-refractivity contribution in [2.75, 3.05) is 45.9 Å². The van der Waals surface area contributed by atoms with Gasteiger partial charge in [-0.15, -0.1) is 34.2 Å². The van der Waals surface area contributed by atoms with Crippen molar-refractivity contribution < 1.29 is 4.74 Å². The van der Waals surface area contributed by atoms with Gasteiger partial charge in [-0.3, -0.25) is 9.30 Å². The van der Waals surface area contributed by atoms with Crippen LogP contribution in [-0.4, -0.2) is 71.4 Å². The Morgan fingerprint density at radius 3 is 2.88 bits per heavy atom. The maximum absolute atomic E-state index is 5.37. The van der Waals surface area contributed by atoms with Crippen molar-refractivity contribution in [3.8, 4) is 0 Å². The highest BCUT2D eigenvalue weighted by Gasteiger charge is 2.09. The van der Waals surface area contributed by atoms with E-state index in [0.717, 1.165) is 69.8 Å². The van der Waals surface area contributed by atoms with E-state index in [-0.39, 0.29) is 24.0 Å². The van der Waals surface area contributed by atoms with Gasteiger partial charge in [0.15, 0.2) is 17.4 Å². The van der Waals surface area contributed by atoms with E-state index in [0.29, 0.717) is 6.54 Å². The van der Waals surface area contributed by atoms with Crippen LogP contribution < -0.4 is 10.6 Å². The molecule has 9 heteroatoms. The second-order valence-electron chi connectivity index (χ2n) is 5.97. The summed E-state index contributed by atoms with van der Waals surface area (Å²) in [6.07, 6.45) is 3.04. The SMILES string of the molecule is CCNC(=NCc1nnc2ccccn12)NCCCN1CCOCC1.I. The summed E-state index contributed by atoms with van der Waals surface area (Å²) in [5, 5.41) is 15.0. The minimum Gasteiger partial charge on any atom is -0.379 e. The summed E-state index contributed by atoms with van der Waals surface area (Å²) in [6, 6.07) is 5.87. The number of ether oxygens (including phenoxy) is 1. The number of nitrogens with one attached hydrogen (secondary N) is 2. The largest absolute Gasteiger partial charge is 0.379 e. The van der Waals surface area contributed by atoms with Gasteiger partial charge < -0.3 is 15.4 Å². The molecular formula is C17H28IN7O. The lowest BCUT2D eigenvalue weighted by Gasteiger charge is -2.26. The van der Waals surface area contributed by atoms with Gasteiger partial charge in [0.25, 0.3) is 0 Å². The number of pyridine rings is 1. The Balaban J connectivity index is 0.00000243. The molecule has 144 valence electrons. The van der Waals surface area contributed by atoms with Crippen LogP contribution in [0.15, 0.2) is 29.4 Å². The number of nitrogens with zero attached hydrogens (tertiary/aromatic N) is 5. The molecule has 2 aromatic rings. The molecule has 1 aliphatic rings. The predicted molar refractivity (Wildman–Crippen MR) is 113 cm³/mol. The quantitative estimate of drug-likeness (QED) is 0.272. The lowest BCUT2D eigenvalue weighted by Crippen LogP contribution is -2.40. The molecule has 0 aliphatic carbocycles. The third kappa shape index (κ3) is 6.06. The molecule has 1 aliphatic heterocycles. The second-order valence-corrected chi connectivity index (χ2v) is 5.97. The molecule has 0 spiro atoms. The Morgan fingerprint density at radius 1 is 1.23 bits per heavy atom. The van der Waals surface area contributed by atoms with E-state index < -0.39 is 0 Å². The second kappa shape index (κ2) is 11.3. The van der Waals surface area contributed by atoms with Crippen LogP contribution in [0.25, 0.3) is 5.65 Å². The van der Waals surface area contributed by atoms with Gasteiger partial charge in [0.05, 0.1) is 13.2 Å². The fourth-order valence-corrected chi connectivity index (χ4v) is 2.82. The summed E-state index contributed by atoms with van der Waals surface area (Å²) in [5.41, 5.74) is 0.844. The van der Waals surface area contributed by atoms with Crippen molar-refractivity contribution in [3.05, 3.63) is 30.2 Å². The molecule has 0 bridgehead atoms. The zero-order valence-corrected chi connectivity index (χ0v) is 17.6. The van der Waals surface area contributed by atoms with Crippen LogP contribution in [0.1, 0.15) is 19.2 Å². The minimum atomic E-state index is 0. The molecule has 0 unspecified atom stereocenters. The Morgan fingerprint density at radius 2 is 2.08 bits per heavy atom. The average Bonchev–Trinajstić information content (AvgIpc) is 3.07. The molecule has 26 heavy (non-hydrogen) atoms. The van der Waals surface area contributed by atoms with E-state index in [1.165, 1.54) is 0 Å². The van der Waals surface area contributed by atoms with Crippen LogP contribution in [0.2, 0.25) is 0 Å². The van der Waals surface area contributed by atoms with Gasteiger partial charge in [-0.25, -0.2) is 4.99 Å². The number of hydrogen-bond donors (Lipinski definition) is 2. The minimum absolute atomic E-state index is 0. The van der Waals surface area contributed by atoms with Gasteiger partial charge in [-0.1, -0.05) is 6.07 Å². The van der Waals surface area contributed by atoms with Gasteiger partial charge in [0.2, 0.25) is 0 Å². The Bertz CT molecular complexity index is 685. The molecule has 0 amide bonds. The molecule has 2 aromatic heterocycles. The molecule has 1 fully saturated rings. The van der Waals surface area contributed by atoms with Gasteiger partial charge in [0.1, 0.15) is 6.54 Å². The van der Waals surface area contributed by atoms with E-state index in [1.54, 1.807) is 0 Å². The summed E-state index contributed by atoms with van der Waals surface area (Å²) >= 11 is 0. The summed E-state index contributed by atoms with van der Waals surface area (Å²) < 4.78 is 7.34. The van der Waals surface area contributed by atoms with E-state index in [1.807, 2.05) is 28.8 Å². The summed E-state index contributed by atoms with van der Waals surface area (Å²) in [6.45, 7) is 9.14. The van der Waals surface area contributed by atoms with Crippen LogP contribution >= 0.6 is 24.0 Å². The number of guanidine groups is 1. The maximum atomic E-state index is 5.37. The van der Waals surface area contributed by atoms with Gasteiger partial charge in [0, 0.05) is 32.4 Å². The summed E-state index contributed by atoms with van der Waals surface area (Å²) in [7, 11) is 0. The molecule has 3 heterocycles. The molecule has 8 nitrogen and oxygen atoms in total. The molecule has 0 aromatic carbocycles. The third-order valence-electron chi connectivity index (χ3n) is 4.15. The molecule has 0 radical (unpaired) electrons. The van der Waals surface area contributed by atoms with Crippen molar-refractivity contribution >= 4 is 35.6 Å². The number of morpholine rings is 1. The highest BCUT2D eigenvalue weighted by molar-refractivity contribution is 14.0. The Labute approximate surface area is 171 Å². The average molecular weight is 473 g/mol. The fourth-order valence-electron chi connectivity index (χ4n) is 2.82. The summed E-state index contributed by atoms with van der Waals surface area (Å²) in [4.78, 5) is 7.07.